The second-order valence-electron chi connectivity index (χ2n) is 3.55. The molecule has 18 heavy (non-hydrogen) atoms. The fraction of sp³-hybridized carbons (Fsp3) is 0.417. The molecule has 0 heterocycles. The van der Waals surface area contributed by atoms with E-state index in [0.717, 1.165) is 0 Å². The highest BCUT2D eigenvalue weighted by Crippen LogP contribution is 2.30. The molecule has 0 fully saturated rings. The molecule has 0 aliphatic carbocycles. The molecule has 0 aliphatic heterocycles. The number of hydrogen-bond acceptors (Lipinski definition) is 5. The summed E-state index contributed by atoms with van der Waals surface area (Å²) in [5, 5.41) is 10.9. The Balaban J connectivity index is 3.26. The smallest absolute Gasteiger partial charge is 0.338 e. The lowest BCUT2D eigenvalue weighted by atomic mass is 10.1. The first-order valence-electron chi connectivity index (χ1n) is 5.60. The van der Waals surface area contributed by atoms with Crippen LogP contribution >= 0.6 is 0 Å². The minimum atomic E-state index is -0.535. The zero-order valence-corrected chi connectivity index (χ0v) is 10.6. The van der Waals surface area contributed by atoms with Crippen LogP contribution in [0.5, 0.6) is 5.75 Å². The standard InChI is InChI=1S/C12H15NO5/c1-4-17-11-7-9(12(14)18-5-2)8(3)6-10(11)13(15)16/h6-7H,4-5H2,1-3H3. The predicted molar refractivity (Wildman–Crippen MR) is 65.0 cm³/mol. The Morgan fingerprint density at radius 1 is 1.33 bits per heavy atom. The van der Waals surface area contributed by atoms with Gasteiger partial charge < -0.3 is 9.47 Å². The molecule has 6 nitrogen and oxygen atoms in total. The van der Waals surface area contributed by atoms with Crippen LogP contribution in [0.2, 0.25) is 0 Å². The molecule has 0 spiro atoms. The van der Waals surface area contributed by atoms with Crippen LogP contribution in [0.4, 0.5) is 5.69 Å². The molecule has 98 valence electrons. The van der Waals surface area contributed by atoms with E-state index in [0.29, 0.717) is 5.56 Å². The molecule has 0 radical (unpaired) electrons. The van der Waals surface area contributed by atoms with Crippen molar-refractivity contribution in [1.29, 1.82) is 0 Å². The van der Waals surface area contributed by atoms with Crippen LogP contribution in [0.1, 0.15) is 29.8 Å². The summed E-state index contributed by atoms with van der Waals surface area (Å²) in [7, 11) is 0. The average Bonchev–Trinajstić information content (AvgIpc) is 2.31. The van der Waals surface area contributed by atoms with E-state index in [1.807, 2.05) is 0 Å². The van der Waals surface area contributed by atoms with E-state index in [4.69, 9.17) is 9.47 Å². The molecule has 1 aromatic carbocycles. The number of nitro groups is 1. The minimum Gasteiger partial charge on any atom is -0.487 e. The topological polar surface area (TPSA) is 78.7 Å². The third-order valence-electron chi connectivity index (χ3n) is 2.30. The third kappa shape index (κ3) is 2.97. The van der Waals surface area contributed by atoms with Crippen molar-refractivity contribution in [3.05, 3.63) is 33.4 Å². The highest BCUT2D eigenvalue weighted by atomic mass is 16.6. The average molecular weight is 253 g/mol. The molecule has 1 rings (SSSR count). The van der Waals surface area contributed by atoms with Gasteiger partial charge in [0, 0.05) is 12.1 Å². The lowest BCUT2D eigenvalue weighted by molar-refractivity contribution is -0.385. The van der Waals surface area contributed by atoms with Gasteiger partial charge in [-0.25, -0.2) is 4.79 Å². The Labute approximate surface area is 105 Å². The summed E-state index contributed by atoms with van der Waals surface area (Å²) in [6, 6.07) is 2.67. The first-order chi connectivity index (χ1) is 8.51. The van der Waals surface area contributed by atoms with Gasteiger partial charge in [0.05, 0.1) is 23.7 Å². The molecule has 6 heteroatoms. The van der Waals surface area contributed by atoms with E-state index in [2.05, 4.69) is 0 Å². The molecular weight excluding hydrogens is 238 g/mol. The van der Waals surface area contributed by atoms with Gasteiger partial charge in [0.2, 0.25) is 0 Å². The molecular formula is C12H15NO5. The number of hydrogen-bond donors (Lipinski definition) is 0. The SMILES string of the molecule is CCOC(=O)c1cc(OCC)c([N+](=O)[O-])cc1C. The van der Waals surface area contributed by atoms with Crippen molar-refractivity contribution in [2.24, 2.45) is 0 Å². The summed E-state index contributed by atoms with van der Waals surface area (Å²) in [6.45, 7) is 5.57. The Morgan fingerprint density at radius 2 is 2.00 bits per heavy atom. The van der Waals surface area contributed by atoms with Crippen molar-refractivity contribution in [2.45, 2.75) is 20.8 Å². The second kappa shape index (κ2) is 6.00. The van der Waals surface area contributed by atoms with Gasteiger partial charge in [-0.1, -0.05) is 0 Å². The molecule has 0 aromatic heterocycles. The number of carbonyl (C=O) groups excluding carboxylic acids is 1. The zero-order valence-electron chi connectivity index (χ0n) is 10.6. The summed E-state index contributed by atoms with van der Waals surface area (Å²) < 4.78 is 10.1. The van der Waals surface area contributed by atoms with Crippen molar-refractivity contribution in [3.8, 4) is 5.75 Å². The van der Waals surface area contributed by atoms with E-state index < -0.39 is 10.9 Å². The van der Waals surface area contributed by atoms with E-state index in [1.54, 1.807) is 20.8 Å². The van der Waals surface area contributed by atoms with E-state index in [1.165, 1.54) is 12.1 Å². The Hall–Kier alpha value is -2.11. The number of carbonyl (C=O) groups is 1. The highest BCUT2D eigenvalue weighted by Gasteiger charge is 2.21. The maximum Gasteiger partial charge on any atom is 0.338 e. The third-order valence-corrected chi connectivity index (χ3v) is 2.30. The van der Waals surface area contributed by atoms with E-state index >= 15 is 0 Å². The summed E-state index contributed by atoms with van der Waals surface area (Å²) in [4.78, 5) is 22.0. The molecule has 1 aromatic rings. The van der Waals surface area contributed by atoms with Gasteiger partial charge in [0.1, 0.15) is 0 Å². The molecule has 0 saturated heterocycles. The summed E-state index contributed by atoms with van der Waals surface area (Å²) in [5.41, 5.74) is 0.622. The summed E-state index contributed by atoms with van der Waals surface area (Å²) in [6.07, 6.45) is 0. The van der Waals surface area contributed by atoms with Gasteiger partial charge in [-0.2, -0.15) is 0 Å². The van der Waals surface area contributed by atoms with Crippen LogP contribution in [0.25, 0.3) is 0 Å². The fourth-order valence-corrected chi connectivity index (χ4v) is 1.52. The molecule has 0 amide bonds. The zero-order chi connectivity index (χ0) is 13.7. The van der Waals surface area contributed by atoms with E-state index in [-0.39, 0.29) is 30.2 Å². The van der Waals surface area contributed by atoms with Crippen LogP contribution in [0.3, 0.4) is 0 Å². The number of aryl methyl sites for hydroxylation is 1. The molecule has 0 N–H and O–H groups in total. The van der Waals surface area contributed by atoms with Gasteiger partial charge in [-0.05, 0) is 26.3 Å². The van der Waals surface area contributed by atoms with Crippen molar-refractivity contribution in [3.63, 3.8) is 0 Å². The monoisotopic (exact) mass is 253 g/mol. The Morgan fingerprint density at radius 3 is 2.50 bits per heavy atom. The quantitative estimate of drug-likeness (QED) is 0.457. The molecule has 0 atom stereocenters. The number of nitrogens with zero attached hydrogens (tertiary/aromatic N) is 1. The molecule has 0 saturated carbocycles. The van der Waals surface area contributed by atoms with Gasteiger partial charge in [0.25, 0.3) is 0 Å². The number of nitro benzene ring substituents is 1. The van der Waals surface area contributed by atoms with Gasteiger partial charge in [-0.3, -0.25) is 10.1 Å². The number of rotatable bonds is 5. The van der Waals surface area contributed by atoms with Crippen LogP contribution in [-0.2, 0) is 4.74 Å². The summed E-state index contributed by atoms with van der Waals surface area (Å²) in [5.74, 6) is -0.429. The van der Waals surface area contributed by atoms with Crippen molar-refractivity contribution in [2.75, 3.05) is 13.2 Å². The Kier molecular flexibility index (Phi) is 4.65. The molecule has 0 aliphatic rings. The van der Waals surface area contributed by atoms with Crippen molar-refractivity contribution < 1.29 is 19.2 Å². The van der Waals surface area contributed by atoms with Crippen molar-refractivity contribution >= 4 is 11.7 Å². The summed E-state index contributed by atoms with van der Waals surface area (Å²) >= 11 is 0. The lowest BCUT2D eigenvalue weighted by Crippen LogP contribution is -2.08. The highest BCUT2D eigenvalue weighted by molar-refractivity contribution is 5.92. The van der Waals surface area contributed by atoms with E-state index in [9.17, 15) is 14.9 Å². The van der Waals surface area contributed by atoms with Crippen LogP contribution in [-0.4, -0.2) is 24.1 Å². The Bertz CT molecular complexity index is 470. The maximum atomic E-state index is 11.7. The predicted octanol–water partition coefficient (Wildman–Crippen LogP) is 2.48. The molecule has 0 bridgehead atoms. The number of ether oxygens (including phenoxy) is 2. The van der Waals surface area contributed by atoms with Crippen LogP contribution in [0.15, 0.2) is 12.1 Å². The first kappa shape index (κ1) is 14.0. The molecule has 0 unspecified atom stereocenters. The number of benzene rings is 1. The normalized spacial score (nSPS) is 9.94. The lowest BCUT2D eigenvalue weighted by Gasteiger charge is -2.09. The first-order valence-corrected chi connectivity index (χ1v) is 5.60. The maximum absolute atomic E-state index is 11.7. The number of esters is 1. The minimum absolute atomic E-state index is 0.0798. The second-order valence-corrected chi connectivity index (χ2v) is 3.55. The van der Waals surface area contributed by atoms with Gasteiger partial charge in [0.15, 0.2) is 5.75 Å². The van der Waals surface area contributed by atoms with Crippen molar-refractivity contribution in [1.82, 2.24) is 0 Å². The van der Waals surface area contributed by atoms with Crippen LogP contribution in [0, 0.1) is 17.0 Å². The van der Waals surface area contributed by atoms with Gasteiger partial charge in [-0.15, -0.1) is 0 Å². The largest absolute Gasteiger partial charge is 0.487 e. The van der Waals surface area contributed by atoms with Crippen LogP contribution < -0.4 is 4.74 Å². The van der Waals surface area contributed by atoms with Gasteiger partial charge >= 0.3 is 11.7 Å². The fourth-order valence-electron chi connectivity index (χ4n) is 1.52.